The topological polar surface area (TPSA) is 32.3 Å². The Bertz CT molecular complexity index is 664. The number of urea groups is 1. The van der Waals surface area contributed by atoms with Gasteiger partial charge in [-0.05, 0) is 45.8 Å². The quantitative estimate of drug-likeness (QED) is 0.680. The van der Waals surface area contributed by atoms with Crippen LogP contribution in [0.1, 0.15) is 5.56 Å². The normalized spacial score (nSPS) is 10.3. The van der Waals surface area contributed by atoms with E-state index in [2.05, 4.69) is 37.2 Å². The molecule has 0 aliphatic carbocycles. The number of hydrogen-bond acceptors (Lipinski definition) is 1. The van der Waals surface area contributed by atoms with Crippen molar-refractivity contribution in [3.8, 4) is 0 Å². The second-order valence-electron chi connectivity index (χ2n) is 4.50. The third-order valence-electron chi connectivity index (χ3n) is 2.88. The fraction of sp³-hybridized carbons (Fsp3) is 0.133. The summed E-state index contributed by atoms with van der Waals surface area (Å²) >= 11 is 12.9. The molecule has 2 rings (SSSR count). The Morgan fingerprint density at radius 1 is 1.24 bits per heavy atom. The van der Waals surface area contributed by atoms with E-state index in [-0.39, 0.29) is 6.03 Å². The van der Waals surface area contributed by atoms with Crippen LogP contribution in [0.3, 0.4) is 0 Å². The van der Waals surface area contributed by atoms with Crippen LogP contribution in [0.25, 0.3) is 0 Å². The summed E-state index contributed by atoms with van der Waals surface area (Å²) in [6.07, 6.45) is 0. The number of carbonyl (C=O) groups is 1. The summed E-state index contributed by atoms with van der Waals surface area (Å²) in [7, 11) is 1.73. The third-order valence-corrected chi connectivity index (χ3v) is 4.44. The number of benzene rings is 2. The van der Waals surface area contributed by atoms with Gasteiger partial charge in [-0.1, -0.05) is 45.7 Å². The average molecular weight is 433 g/mol. The molecular weight excluding hydrogens is 419 g/mol. The minimum atomic E-state index is -0.200. The monoisotopic (exact) mass is 430 g/mol. The van der Waals surface area contributed by atoms with Crippen molar-refractivity contribution in [2.45, 2.75) is 6.54 Å². The molecule has 110 valence electrons. The molecule has 2 amide bonds. The van der Waals surface area contributed by atoms with Gasteiger partial charge in [0.05, 0.1) is 5.69 Å². The number of anilines is 1. The van der Waals surface area contributed by atoms with Crippen LogP contribution in [-0.2, 0) is 6.54 Å². The van der Waals surface area contributed by atoms with Gasteiger partial charge in [0.25, 0.3) is 0 Å². The number of hydrogen-bond donors (Lipinski definition) is 1. The van der Waals surface area contributed by atoms with Gasteiger partial charge in [0.1, 0.15) is 0 Å². The largest absolute Gasteiger partial charge is 0.323 e. The van der Waals surface area contributed by atoms with Gasteiger partial charge in [-0.3, -0.25) is 0 Å². The van der Waals surface area contributed by atoms with Crippen LogP contribution in [0.5, 0.6) is 0 Å². The van der Waals surface area contributed by atoms with Crippen molar-refractivity contribution in [2.24, 2.45) is 0 Å². The van der Waals surface area contributed by atoms with E-state index >= 15 is 0 Å². The molecular formula is C15H13Br2ClN2O. The molecule has 2 aromatic carbocycles. The van der Waals surface area contributed by atoms with E-state index < -0.39 is 0 Å². The molecule has 0 aliphatic rings. The highest BCUT2D eigenvalue weighted by molar-refractivity contribution is 9.11. The molecule has 0 bridgehead atoms. The Hall–Kier alpha value is -1.04. The van der Waals surface area contributed by atoms with E-state index in [1.54, 1.807) is 11.9 Å². The van der Waals surface area contributed by atoms with E-state index in [0.29, 0.717) is 17.3 Å². The fourth-order valence-electron chi connectivity index (χ4n) is 1.76. The molecule has 1 N–H and O–H groups in total. The second kappa shape index (κ2) is 7.29. The van der Waals surface area contributed by atoms with E-state index in [1.165, 1.54) is 0 Å². The highest BCUT2D eigenvalue weighted by Gasteiger charge is 2.12. The zero-order valence-electron chi connectivity index (χ0n) is 11.2. The molecule has 2 aromatic rings. The lowest BCUT2D eigenvalue weighted by molar-refractivity contribution is 0.220. The lowest BCUT2D eigenvalue weighted by Gasteiger charge is -2.19. The maximum Gasteiger partial charge on any atom is 0.321 e. The molecule has 0 saturated heterocycles. The van der Waals surface area contributed by atoms with Crippen LogP contribution in [0.15, 0.2) is 51.4 Å². The number of rotatable bonds is 3. The molecule has 21 heavy (non-hydrogen) atoms. The zero-order chi connectivity index (χ0) is 15.4. The van der Waals surface area contributed by atoms with Crippen LogP contribution in [0.4, 0.5) is 10.5 Å². The van der Waals surface area contributed by atoms with Gasteiger partial charge >= 0.3 is 6.03 Å². The summed E-state index contributed by atoms with van der Waals surface area (Å²) in [6, 6.07) is 12.9. The predicted molar refractivity (Wildman–Crippen MR) is 93.8 cm³/mol. The van der Waals surface area contributed by atoms with Gasteiger partial charge in [0.2, 0.25) is 0 Å². The highest BCUT2D eigenvalue weighted by Crippen LogP contribution is 2.26. The predicted octanol–water partition coefficient (Wildman–Crippen LogP) is 5.53. The number of amides is 2. The number of nitrogens with one attached hydrogen (secondary N) is 1. The summed E-state index contributed by atoms with van der Waals surface area (Å²) in [6.45, 7) is 0.442. The number of halogens is 3. The van der Waals surface area contributed by atoms with E-state index in [4.69, 9.17) is 11.6 Å². The van der Waals surface area contributed by atoms with Crippen molar-refractivity contribution in [3.05, 3.63) is 62.0 Å². The van der Waals surface area contributed by atoms with Crippen molar-refractivity contribution in [1.82, 2.24) is 4.90 Å². The van der Waals surface area contributed by atoms with Crippen molar-refractivity contribution in [1.29, 1.82) is 0 Å². The highest BCUT2D eigenvalue weighted by atomic mass is 79.9. The Morgan fingerprint density at radius 3 is 2.67 bits per heavy atom. The third kappa shape index (κ3) is 4.46. The molecule has 0 heterocycles. The average Bonchev–Trinajstić information content (AvgIpc) is 2.45. The molecule has 0 atom stereocenters. The van der Waals surface area contributed by atoms with Gasteiger partial charge in [0.15, 0.2) is 0 Å². The minimum Gasteiger partial charge on any atom is -0.323 e. The molecule has 0 saturated carbocycles. The summed E-state index contributed by atoms with van der Waals surface area (Å²) in [5, 5.41) is 3.51. The molecule has 3 nitrogen and oxygen atoms in total. The van der Waals surface area contributed by atoms with Gasteiger partial charge in [-0.25, -0.2) is 4.79 Å². The van der Waals surface area contributed by atoms with Crippen LogP contribution in [0.2, 0.25) is 5.02 Å². The Morgan fingerprint density at radius 2 is 1.95 bits per heavy atom. The van der Waals surface area contributed by atoms with Crippen molar-refractivity contribution in [3.63, 3.8) is 0 Å². The first kappa shape index (κ1) is 16.3. The molecule has 0 aromatic heterocycles. The molecule has 0 aliphatic heterocycles. The van der Waals surface area contributed by atoms with Crippen LogP contribution >= 0.6 is 43.5 Å². The molecule has 0 unspecified atom stereocenters. The van der Waals surface area contributed by atoms with E-state index in [0.717, 1.165) is 14.5 Å². The van der Waals surface area contributed by atoms with Crippen LogP contribution in [0, 0.1) is 0 Å². The number of nitrogens with zero attached hydrogens (tertiary/aromatic N) is 1. The standard InChI is InChI=1S/C15H13Br2ClN2O/c1-20(9-10-4-2-3-5-13(10)18)15(21)19-14-8-11(16)6-7-12(14)17/h2-8H,9H2,1H3,(H,19,21). The fourth-order valence-corrected chi connectivity index (χ4v) is 2.66. The zero-order valence-corrected chi connectivity index (χ0v) is 15.2. The van der Waals surface area contributed by atoms with E-state index in [1.807, 2.05) is 42.5 Å². The van der Waals surface area contributed by atoms with E-state index in [9.17, 15) is 4.79 Å². The summed E-state index contributed by atoms with van der Waals surface area (Å²) < 4.78 is 1.72. The summed E-state index contributed by atoms with van der Waals surface area (Å²) in [4.78, 5) is 13.8. The minimum absolute atomic E-state index is 0.200. The summed E-state index contributed by atoms with van der Waals surface area (Å²) in [5.74, 6) is 0. The SMILES string of the molecule is CN(Cc1ccccc1Cl)C(=O)Nc1cc(Br)ccc1Br. The molecule has 0 fully saturated rings. The molecule has 6 heteroatoms. The molecule has 0 spiro atoms. The van der Waals surface area contributed by atoms with Gasteiger partial charge < -0.3 is 10.2 Å². The Kier molecular flexibility index (Phi) is 5.67. The first-order chi connectivity index (χ1) is 9.97. The van der Waals surface area contributed by atoms with Gasteiger partial charge in [-0.2, -0.15) is 0 Å². The second-order valence-corrected chi connectivity index (χ2v) is 6.68. The first-order valence-electron chi connectivity index (χ1n) is 6.18. The van der Waals surface area contributed by atoms with Gasteiger partial charge in [-0.15, -0.1) is 0 Å². The Balaban J connectivity index is 2.06. The maximum absolute atomic E-state index is 12.2. The lowest BCUT2D eigenvalue weighted by atomic mass is 10.2. The number of carbonyl (C=O) groups excluding carboxylic acids is 1. The smallest absolute Gasteiger partial charge is 0.321 e. The Labute approximate surface area is 145 Å². The first-order valence-corrected chi connectivity index (χ1v) is 8.14. The van der Waals surface area contributed by atoms with Crippen molar-refractivity contribution >= 4 is 55.2 Å². The van der Waals surface area contributed by atoms with Crippen LogP contribution in [-0.4, -0.2) is 18.0 Å². The van der Waals surface area contributed by atoms with Crippen LogP contribution < -0.4 is 5.32 Å². The van der Waals surface area contributed by atoms with Gasteiger partial charge in [0, 0.05) is 27.6 Å². The van der Waals surface area contributed by atoms with Crippen molar-refractivity contribution < 1.29 is 4.79 Å². The maximum atomic E-state index is 12.2. The van der Waals surface area contributed by atoms with Crippen molar-refractivity contribution in [2.75, 3.05) is 12.4 Å². The summed E-state index contributed by atoms with van der Waals surface area (Å²) in [5.41, 5.74) is 1.62. The lowest BCUT2D eigenvalue weighted by Crippen LogP contribution is -2.31. The molecule has 0 radical (unpaired) electrons.